The topological polar surface area (TPSA) is 93.1 Å². The van der Waals surface area contributed by atoms with Crippen molar-refractivity contribution in [1.29, 1.82) is 0 Å². The van der Waals surface area contributed by atoms with Crippen molar-refractivity contribution in [3.05, 3.63) is 92.3 Å². The summed E-state index contributed by atoms with van der Waals surface area (Å²) in [7, 11) is 0. The maximum atomic E-state index is 13.0. The Morgan fingerprint density at radius 1 is 1.06 bits per heavy atom. The molecule has 0 radical (unpaired) electrons. The van der Waals surface area contributed by atoms with Gasteiger partial charge in [-0.25, -0.2) is 9.69 Å². The molecular formula is C26H19Cl2NO6S. The first-order chi connectivity index (χ1) is 17.3. The van der Waals surface area contributed by atoms with Crippen LogP contribution < -0.4 is 14.4 Å². The zero-order valence-corrected chi connectivity index (χ0v) is 21.2. The molecule has 1 heterocycles. The molecule has 0 atom stereocenters. The summed E-state index contributed by atoms with van der Waals surface area (Å²) in [5, 5.41) is 9.49. The quantitative estimate of drug-likeness (QED) is 0.308. The van der Waals surface area contributed by atoms with E-state index in [9.17, 15) is 19.5 Å². The predicted octanol–water partition coefficient (Wildman–Crippen LogP) is 6.91. The van der Waals surface area contributed by atoms with Crippen molar-refractivity contribution >= 4 is 63.8 Å². The molecule has 3 aromatic rings. The van der Waals surface area contributed by atoms with Crippen LogP contribution in [-0.2, 0) is 11.4 Å². The number of hydrogen-bond acceptors (Lipinski definition) is 6. The number of amides is 2. The minimum Gasteiger partial charge on any atom is -0.490 e. The van der Waals surface area contributed by atoms with Gasteiger partial charge in [0.25, 0.3) is 11.1 Å². The summed E-state index contributed by atoms with van der Waals surface area (Å²) in [5.74, 6) is -0.858. The van der Waals surface area contributed by atoms with Crippen LogP contribution in [0.15, 0.2) is 65.6 Å². The summed E-state index contributed by atoms with van der Waals surface area (Å²) in [6, 6.07) is 16.1. The smallest absolute Gasteiger partial charge is 0.335 e. The average molecular weight is 544 g/mol. The molecule has 0 saturated carbocycles. The molecule has 2 amide bonds. The van der Waals surface area contributed by atoms with Crippen LogP contribution in [0.2, 0.25) is 10.0 Å². The number of nitrogens with zero attached hydrogens (tertiary/aromatic N) is 1. The first-order valence-corrected chi connectivity index (χ1v) is 12.3. The molecule has 7 nitrogen and oxygen atoms in total. The van der Waals surface area contributed by atoms with Gasteiger partial charge in [-0.3, -0.25) is 9.59 Å². The summed E-state index contributed by atoms with van der Waals surface area (Å²) in [6.07, 6.45) is 1.56. The van der Waals surface area contributed by atoms with Crippen molar-refractivity contribution in [1.82, 2.24) is 0 Å². The van der Waals surface area contributed by atoms with E-state index in [-0.39, 0.29) is 27.8 Å². The number of carbonyl (C=O) groups is 3. The molecule has 1 fully saturated rings. The Hall–Kier alpha value is -3.46. The van der Waals surface area contributed by atoms with Crippen LogP contribution >= 0.6 is 35.0 Å². The van der Waals surface area contributed by atoms with E-state index in [1.54, 1.807) is 61.5 Å². The average Bonchev–Trinajstić information content (AvgIpc) is 3.12. The van der Waals surface area contributed by atoms with E-state index in [4.69, 9.17) is 32.7 Å². The van der Waals surface area contributed by atoms with Gasteiger partial charge in [0.1, 0.15) is 6.61 Å². The highest BCUT2D eigenvalue weighted by Gasteiger charge is 2.36. The third-order valence-corrected chi connectivity index (χ3v) is 6.47. The second-order valence-electron chi connectivity index (χ2n) is 7.55. The lowest BCUT2D eigenvalue weighted by molar-refractivity contribution is -0.113. The van der Waals surface area contributed by atoms with Crippen molar-refractivity contribution in [3.63, 3.8) is 0 Å². The van der Waals surface area contributed by atoms with Crippen LogP contribution in [0, 0.1) is 0 Å². The Bertz CT molecular complexity index is 1370. The lowest BCUT2D eigenvalue weighted by atomic mass is 10.1. The van der Waals surface area contributed by atoms with E-state index >= 15 is 0 Å². The van der Waals surface area contributed by atoms with Gasteiger partial charge in [0.05, 0.1) is 27.8 Å². The van der Waals surface area contributed by atoms with Crippen LogP contribution in [0.5, 0.6) is 11.5 Å². The fraction of sp³-hybridized carbons (Fsp3) is 0.115. The number of hydrogen-bond donors (Lipinski definition) is 1. The van der Waals surface area contributed by atoms with Crippen LogP contribution in [-0.4, -0.2) is 28.8 Å². The van der Waals surface area contributed by atoms with Gasteiger partial charge in [-0.1, -0.05) is 35.3 Å². The molecule has 1 aliphatic heterocycles. The minimum absolute atomic E-state index is 0.0697. The van der Waals surface area contributed by atoms with Gasteiger partial charge in [0, 0.05) is 5.02 Å². The molecule has 0 unspecified atom stereocenters. The number of ether oxygens (including phenoxy) is 2. The number of benzene rings is 3. The van der Waals surface area contributed by atoms with E-state index in [0.29, 0.717) is 34.2 Å². The normalized spacial score (nSPS) is 14.4. The number of aromatic carboxylic acids is 1. The SMILES string of the molecule is CCOc1cc(/C=C2/SC(=O)N(c3ccc(Cl)cc3)C2=O)cc(Cl)c1OCc1cccc(C(=O)O)c1. The monoisotopic (exact) mass is 543 g/mol. The summed E-state index contributed by atoms with van der Waals surface area (Å²) in [4.78, 5) is 38.0. The van der Waals surface area contributed by atoms with E-state index in [2.05, 4.69) is 0 Å². The van der Waals surface area contributed by atoms with Crippen LogP contribution in [0.25, 0.3) is 6.08 Å². The second-order valence-corrected chi connectivity index (χ2v) is 9.39. The lowest BCUT2D eigenvalue weighted by Gasteiger charge is -2.15. The van der Waals surface area contributed by atoms with Gasteiger partial charge in [0.2, 0.25) is 0 Å². The van der Waals surface area contributed by atoms with Gasteiger partial charge in [-0.05, 0) is 84.4 Å². The van der Waals surface area contributed by atoms with Crippen molar-refractivity contribution in [3.8, 4) is 11.5 Å². The third-order valence-electron chi connectivity index (χ3n) is 5.07. The highest BCUT2D eigenvalue weighted by atomic mass is 35.5. The zero-order valence-electron chi connectivity index (χ0n) is 18.9. The number of halogens is 2. The van der Waals surface area contributed by atoms with Crippen LogP contribution in [0.1, 0.15) is 28.4 Å². The highest BCUT2D eigenvalue weighted by molar-refractivity contribution is 8.19. The fourth-order valence-corrected chi connectivity index (χ4v) is 4.70. The minimum atomic E-state index is -1.03. The number of carboxylic acid groups (broad SMARTS) is 1. The van der Waals surface area contributed by atoms with E-state index in [0.717, 1.165) is 16.7 Å². The van der Waals surface area contributed by atoms with Crippen molar-refractivity contribution in [2.24, 2.45) is 0 Å². The molecule has 10 heteroatoms. The van der Waals surface area contributed by atoms with Crippen LogP contribution in [0.3, 0.4) is 0 Å². The van der Waals surface area contributed by atoms with Gasteiger partial charge >= 0.3 is 5.97 Å². The standard InChI is InChI=1S/C26H19Cl2NO6S/c1-2-34-21-12-16(11-20(28)23(21)35-14-15-4-3-5-17(10-15)25(31)32)13-22-24(30)29(26(33)36-22)19-8-6-18(27)7-9-19/h3-13H,2,14H2,1H3,(H,31,32)/b22-13+. The number of carboxylic acids is 1. The Kier molecular flexibility index (Phi) is 7.88. The molecule has 4 rings (SSSR count). The molecule has 1 aliphatic rings. The number of anilines is 1. The molecule has 3 aromatic carbocycles. The van der Waals surface area contributed by atoms with Gasteiger partial charge in [0.15, 0.2) is 11.5 Å². The third kappa shape index (κ3) is 5.67. The molecule has 36 heavy (non-hydrogen) atoms. The number of carbonyl (C=O) groups excluding carboxylic acids is 2. The van der Waals surface area contributed by atoms with Crippen molar-refractivity contribution in [2.75, 3.05) is 11.5 Å². The Labute approximate surface area is 221 Å². The summed E-state index contributed by atoms with van der Waals surface area (Å²) in [6.45, 7) is 2.20. The summed E-state index contributed by atoms with van der Waals surface area (Å²) < 4.78 is 11.6. The van der Waals surface area contributed by atoms with E-state index < -0.39 is 17.1 Å². The van der Waals surface area contributed by atoms with E-state index in [1.807, 2.05) is 0 Å². The summed E-state index contributed by atoms with van der Waals surface area (Å²) in [5.41, 5.74) is 1.77. The number of thioether (sulfide) groups is 1. The first kappa shape index (κ1) is 25.6. The molecule has 0 bridgehead atoms. The molecule has 0 aliphatic carbocycles. The zero-order chi connectivity index (χ0) is 25.8. The molecule has 0 aromatic heterocycles. The lowest BCUT2D eigenvalue weighted by Crippen LogP contribution is -2.27. The van der Waals surface area contributed by atoms with Gasteiger partial charge in [-0.2, -0.15) is 0 Å². The molecule has 1 N–H and O–H groups in total. The van der Waals surface area contributed by atoms with Gasteiger partial charge in [-0.15, -0.1) is 0 Å². The largest absolute Gasteiger partial charge is 0.490 e. The Morgan fingerprint density at radius 3 is 2.50 bits per heavy atom. The Balaban J connectivity index is 1.59. The molecule has 184 valence electrons. The van der Waals surface area contributed by atoms with Crippen molar-refractivity contribution in [2.45, 2.75) is 13.5 Å². The van der Waals surface area contributed by atoms with E-state index in [1.165, 1.54) is 12.1 Å². The number of imide groups is 1. The van der Waals surface area contributed by atoms with Crippen LogP contribution in [0.4, 0.5) is 10.5 Å². The second kappa shape index (κ2) is 11.1. The predicted molar refractivity (Wildman–Crippen MR) is 140 cm³/mol. The first-order valence-electron chi connectivity index (χ1n) is 10.7. The maximum absolute atomic E-state index is 13.0. The molecule has 0 spiro atoms. The maximum Gasteiger partial charge on any atom is 0.335 e. The number of rotatable bonds is 8. The fourth-order valence-electron chi connectivity index (χ4n) is 3.46. The highest BCUT2D eigenvalue weighted by Crippen LogP contribution is 2.40. The summed E-state index contributed by atoms with van der Waals surface area (Å²) >= 11 is 13.2. The van der Waals surface area contributed by atoms with Gasteiger partial charge < -0.3 is 14.6 Å². The Morgan fingerprint density at radius 2 is 1.81 bits per heavy atom. The molecular weight excluding hydrogens is 525 g/mol. The van der Waals surface area contributed by atoms with Crippen molar-refractivity contribution < 1.29 is 29.0 Å². The molecule has 1 saturated heterocycles.